The van der Waals surface area contributed by atoms with E-state index >= 15 is 0 Å². The number of anilines is 2. The molecule has 0 radical (unpaired) electrons. The van der Waals surface area contributed by atoms with Crippen LogP contribution in [0.25, 0.3) is 21.3 Å². The van der Waals surface area contributed by atoms with Crippen LogP contribution >= 0.6 is 11.3 Å². The van der Waals surface area contributed by atoms with E-state index in [-0.39, 0.29) is 34.8 Å². The fourth-order valence-corrected chi connectivity index (χ4v) is 5.76. The molecule has 0 aliphatic carbocycles. The van der Waals surface area contributed by atoms with Crippen LogP contribution in [-0.4, -0.2) is 33.7 Å². The Bertz CT molecular complexity index is 1560. The van der Waals surface area contributed by atoms with E-state index < -0.39 is 17.6 Å². The van der Waals surface area contributed by atoms with E-state index in [2.05, 4.69) is 10.3 Å². The van der Waals surface area contributed by atoms with Gasteiger partial charge in [0.25, 0.3) is 11.5 Å². The number of nitrogens with zero attached hydrogens (tertiary/aromatic N) is 2. The van der Waals surface area contributed by atoms with Gasteiger partial charge in [-0.15, -0.1) is 11.3 Å². The Morgan fingerprint density at radius 2 is 2.03 bits per heavy atom. The summed E-state index contributed by atoms with van der Waals surface area (Å²) < 4.78 is 30.3. The van der Waals surface area contributed by atoms with Crippen LogP contribution in [-0.2, 0) is 12.6 Å². The number of thiophene rings is 1. The molecule has 5 rings (SSSR count). The van der Waals surface area contributed by atoms with Gasteiger partial charge in [0.1, 0.15) is 23.2 Å². The van der Waals surface area contributed by atoms with Gasteiger partial charge in [0.15, 0.2) is 0 Å². The first kappa shape index (κ1) is 24.2. The van der Waals surface area contributed by atoms with Gasteiger partial charge in [0.05, 0.1) is 22.7 Å². The monoisotopic (exact) mass is 512 g/mol. The van der Waals surface area contributed by atoms with Gasteiger partial charge in [-0.1, -0.05) is 0 Å². The normalized spacial score (nSPS) is 15.5. The summed E-state index contributed by atoms with van der Waals surface area (Å²) in [5, 5.41) is 14.1. The highest BCUT2D eigenvalue weighted by Gasteiger charge is 2.34. The summed E-state index contributed by atoms with van der Waals surface area (Å²) in [6.45, 7) is 5.55. The number of aromatic amines is 1. The number of amides is 1. The average molecular weight is 513 g/mol. The van der Waals surface area contributed by atoms with E-state index in [1.165, 1.54) is 28.0 Å². The van der Waals surface area contributed by atoms with Gasteiger partial charge in [0, 0.05) is 46.9 Å². The smallest absolute Gasteiger partial charge is 0.274 e. The standard InChI is InChI=1S/C26H26F2N4O3S/c1-5-29-24(33)18-9-14-16(11-31(4)25(34)22(14)30-18)23-20(10-21(36-23)26(2,3)35)32-12-17(28)15-8-13(27)6-7-19(15)32/h6-11,17,30,35H,5,12H2,1-4H3,(H,29,33). The number of hydrogen-bond acceptors (Lipinski definition) is 5. The fraction of sp³-hybridized carbons (Fsp3) is 0.308. The Morgan fingerprint density at radius 1 is 1.28 bits per heavy atom. The Kier molecular flexibility index (Phi) is 5.76. The number of alkyl halides is 1. The number of aryl methyl sites for hydroxylation is 1. The van der Waals surface area contributed by atoms with Crippen molar-refractivity contribution in [2.45, 2.75) is 32.5 Å². The minimum Gasteiger partial charge on any atom is -0.385 e. The summed E-state index contributed by atoms with van der Waals surface area (Å²) in [4.78, 5) is 31.5. The van der Waals surface area contributed by atoms with E-state index in [9.17, 15) is 23.5 Å². The van der Waals surface area contributed by atoms with Gasteiger partial charge in [-0.05, 0) is 51.1 Å². The van der Waals surface area contributed by atoms with Crippen LogP contribution in [0.15, 0.2) is 41.3 Å². The third kappa shape index (κ3) is 3.90. The number of carbonyl (C=O) groups excluding carboxylic acids is 1. The van der Waals surface area contributed by atoms with Crippen molar-refractivity contribution in [3.05, 3.63) is 68.8 Å². The minimum atomic E-state index is -1.38. The molecular formula is C26H26F2N4O3S. The summed E-state index contributed by atoms with van der Waals surface area (Å²) in [7, 11) is 1.62. The number of aromatic nitrogens is 2. The molecular weight excluding hydrogens is 486 g/mol. The molecule has 4 aromatic rings. The molecule has 0 fully saturated rings. The number of H-pyrrole nitrogens is 1. The molecule has 1 aliphatic heterocycles. The van der Waals surface area contributed by atoms with Crippen LogP contribution in [0.5, 0.6) is 0 Å². The Hall–Kier alpha value is -3.50. The summed E-state index contributed by atoms with van der Waals surface area (Å²) in [6.07, 6.45) is 0.295. The number of halogens is 2. The number of hydrogen-bond donors (Lipinski definition) is 3. The zero-order valence-corrected chi connectivity index (χ0v) is 21.1. The zero-order valence-electron chi connectivity index (χ0n) is 20.3. The Morgan fingerprint density at radius 3 is 2.72 bits per heavy atom. The molecule has 1 aromatic carbocycles. The number of aliphatic hydroxyl groups is 1. The van der Waals surface area contributed by atoms with E-state index in [0.29, 0.717) is 38.6 Å². The quantitative estimate of drug-likeness (QED) is 0.356. The minimum absolute atomic E-state index is 0.0139. The van der Waals surface area contributed by atoms with Crippen LogP contribution in [0.1, 0.15) is 47.9 Å². The van der Waals surface area contributed by atoms with Crippen LogP contribution in [0.2, 0.25) is 0 Å². The lowest BCUT2D eigenvalue weighted by Gasteiger charge is -2.20. The molecule has 1 aliphatic rings. The van der Waals surface area contributed by atoms with Gasteiger partial charge < -0.3 is 24.9 Å². The maximum absolute atomic E-state index is 15.0. The first-order valence-corrected chi connectivity index (χ1v) is 12.4. The zero-order chi connectivity index (χ0) is 25.9. The number of benzene rings is 1. The molecule has 0 bridgehead atoms. The maximum atomic E-state index is 15.0. The molecule has 1 atom stereocenters. The molecule has 1 amide bonds. The van der Waals surface area contributed by atoms with E-state index in [1.807, 2.05) is 0 Å². The van der Waals surface area contributed by atoms with Crippen molar-refractivity contribution in [2.75, 3.05) is 18.0 Å². The topological polar surface area (TPSA) is 90.4 Å². The molecule has 0 saturated heterocycles. The van der Waals surface area contributed by atoms with Gasteiger partial charge in [-0.3, -0.25) is 9.59 Å². The predicted octanol–water partition coefficient (Wildman–Crippen LogP) is 4.87. The number of rotatable bonds is 5. The second-order valence-electron chi connectivity index (χ2n) is 9.46. The number of nitrogens with one attached hydrogen (secondary N) is 2. The molecule has 3 N–H and O–H groups in total. The molecule has 4 heterocycles. The summed E-state index contributed by atoms with van der Waals surface area (Å²) in [5.74, 6) is -0.841. The number of carbonyl (C=O) groups is 1. The summed E-state index contributed by atoms with van der Waals surface area (Å²) in [6, 6.07) is 7.49. The third-order valence-corrected chi connectivity index (χ3v) is 7.83. The van der Waals surface area contributed by atoms with Crippen molar-refractivity contribution < 1.29 is 18.7 Å². The van der Waals surface area contributed by atoms with Crippen molar-refractivity contribution in [3.63, 3.8) is 0 Å². The van der Waals surface area contributed by atoms with Gasteiger partial charge in [-0.2, -0.15) is 0 Å². The van der Waals surface area contributed by atoms with Gasteiger partial charge in [0.2, 0.25) is 0 Å². The van der Waals surface area contributed by atoms with E-state index in [0.717, 1.165) is 0 Å². The molecule has 1 unspecified atom stereocenters. The first-order chi connectivity index (χ1) is 17.0. The van der Waals surface area contributed by atoms with E-state index in [4.69, 9.17) is 0 Å². The fourth-order valence-electron chi connectivity index (χ4n) is 4.58. The highest BCUT2D eigenvalue weighted by molar-refractivity contribution is 7.16. The third-order valence-electron chi connectivity index (χ3n) is 6.36. The first-order valence-electron chi connectivity index (χ1n) is 11.6. The second kappa shape index (κ2) is 8.56. The molecule has 7 nitrogen and oxygen atoms in total. The number of pyridine rings is 1. The van der Waals surface area contributed by atoms with Crippen molar-refractivity contribution in [2.24, 2.45) is 7.05 Å². The highest BCUT2D eigenvalue weighted by Crippen LogP contribution is 2.50. The lowest BCUT2D eigenvalue weighted by Crippen LogP contribution is -2.23. The number of fused-ring (bicyclic) bond motifs is 2. The molecule has 188 valence electrons. The molecule has 10 heteroatoms. The predicted molar refractivity (Wildman–Crippen MR) is 137 cm³/mol. The maximum Gasteiger partial charge on any atom is 0.274 e. The van der Waals surface area contributed by atoms with Crippen LogP contribution in [0.3, 0.4) is 0 Å². The summed E-state index contributed by atoms with van der Waals surface area (Å²) >= 11 is 1.32. The van der Waals surface area contributed by atoms with Gasteiger partial charge >= 0.3 is 0 Å². The molecule has 36 heavy (non-hydrogen) atoms. The molecule has 3 aromatic heterocycles. The van der Waals surface area contributed by atoms with Crippen molar-refractivity contribution in [3.8, 4) is 10.4 Å². The van der Waals surface area contributed by atoms with Crippen LogP contribution < -0.4 is 15.8 Å². The Balaban J connectivity index is 1.77. The van der Waals surface area contributed by atoms with Crippen molar-refractivity contribution in [1.82, 2.24) is 14.9 Å². The van der Waals surface area contributed by atoms with Crippen LogP contribution in [0.4, 0.5) is 20.2 Å². The van der Waals surface area contributed by atoms with Crippen molar-refractivity contribution >= 4 is 39.5 Å². The van der Waals surface area contributed by atoms with Crippen LogP contribution in [0, 0.1) is 5.82 Å². The van der Waals surface area contributed by atoms with Gasteiger partial charge in [-0.25, -0.2) is 8.78 Å². The highest BCUT2D eigenvalue weighted by atomic mass is 32.1. The van der Waals surface area contributed by atoms with Crippen molar-refractivity contribution in [1.29, 1.82) is 0 Å². The molecule has 0 spiro atoms. The largest absolute Gasteiger partial charge is 0.385 e. The second-order valence-corrected chi connectivity index (χ2v) is 10.5. The Labute approximate surface area is 210 Å². The van der Waals surface area contributed by atoms with E-state index in [1.54, 1.807) is 57.1 Å². The molecule has 0 saturated carbocycles. The lowest BCUT2D eigenvalue weighted by atomic mass is 10.1. The average Bonchev–Trinajstić information content (AvgIpc) is 3.52. The SMILES string of the molecule is CCNC(=O)c1cc2c(-c3sc(C(C)(C)O)cc3N3CC(F)c4cc(F)ccc43)cn(C)c(=O)c2[nH]1. The lowest BCUT2D eigenvalue weighted by molar-refractivity contribution is 0.0825. The summed E-state index contributed by atoms with van der Waals surface area (Å²) in [5.41, 5.74) is 1.14.